The fourth-order valence-electron chi connectivity index (χ4n) is 3.23. The third-order valence-electron chi connectivity index (χ3n) is 4.23. The van der Waals surface area contributed by atoms with Crippen LogP contribution >= 0.6 is 0 Å². The lowest BCUT2D eigenvalue weighted by Crippen LogP contribution is -2.30. The van der Waals surface area contributed by atoms with Gasteiger partial charge in [-0.3, -0.25) is 9.48 Å². The lowest BCUT2D eigenvalue weighted by molar-refractivity contribution is 0.0735. The summed E-state index contributed by atoms with van der Waals surface area (Å²) >= 11 is 0. The van der Waals surface area contributed by atoms with Gasteiger partial charge in [0.1, 0.15) is 0 Å². The lowest BCUT2D eigenvalue weighted by Gasteiger charge is -2.24. The normalized spacial score (nSPS) is 18.1. The number of rotatable bonds is 4. The topological polar surface area (TPSA) is 72.3 Å². The molecule has 0 saturated carbocycles. The Labute approximate surface area is 142 Å². The van der Waals surface area contributed by atoms with Crippen LogP contribution in [-0.2, 0) is 22.6 Å². The Kier molecular flexibility index (Phi) is 4.45. The van der Waals surface area contributed by atoms with E-state index in [1.165, 1.54) is 6.26 Å². The van der Waals surface area contributed by atoms with Crippen LogP contribution in [0, 0.1) is 0 Å². The third kappa shape index (κ3) is 3.67. The molecular formula is C17H21N3O3S. The minimum absolute atomic E-state index is 0.0322. The maximum absolute atomic E-state index is 12.9. The van der Waals surface area contributed by atoms with Crippen molar-refractivity contribution in [3.8, 4) is 0 Å². The van der Waals surface area contributed by atoms with Crippen molar-refractivity contribution >= 4 is 15.7 Å². The first-order valence-corrected chi connectivity index (χ1v) is 9.96. The molecule has 24 heavy (non-hydrogen) atoms. The van der Waals surface area contributed by atoms with Crippen molar-refractivity contribution in [2.24, 2.45) is 7.05 Å². The van der Waals surface area contributed by atoms with Crippen molar-refractivity contribution in [2.75, 3.05) is 12.8 Å². The molecule has 0 N–H and O–H groups in total. The Hall–Kier alpha value is -2.15. The molecule has 7 heteroatoms. The Morgan fingerprint density at radius 3 is 2.83 bits per heavy atom. The van der Waals surface area contributed by atoms with Crippen LogP contribution in [0.25, 0.3) is 0 Å². The fourth-order valence-corrected chi connectivity index (χ4v) is 4.02. The van der Waals surface area contributed by atoms with Gasteiger partial charge in [-0.25, -0.2) is 8.42 Å². The molecule has 1 aromatic heterocycles. The van der Waals surface area contributed by atoms with Gasteiger partial charge in [0.15, 0.2) is 9.84 Å². The lowest BCUT2D eigenvalue weighted by atomic mass is 10.1. The van der Waals surface area contributed by atoms with Crippen molar-refractivity contribution in [1.82, 2.24) is 14.7 Å². The number of sulfone groups is 1. The molecule has 0 spiro atoms. The van der Waals surface area contributed by atoms with Crippen LogP contribution in [-0.4, -0.2) is 41.8 Å². The van der Waals surface area contributed by atoms with Crippen LogP contribution in [0.5, 0.6) is 0 Å². The van der Waals surface area contributed by atoms with Gasteiger partial charge in [0.25, 0.3) is 5.91 Å². The minimum atomic E-state index is -3.13. The van der Waals surface area contributed by atoms with Gasteiger partial charge >= 0.3 is 0 Å². The highest BCUT2D eigenvalue weighted by atomic mass is 32.2. The number of likely N-dealkylation sites (tertiary alicyclic amines) is 1. The number of carbonyl (C=O) groups is 1. The Morgan fingerprint density at radius 1 is 1.38 bits per heavy atom. The third-order valence-corrected chi connectivity index (χ3v) is 5.08. The highest BCUT2D eigenvalue weighted by molar-refractivity contribution is 7.89. The number of hydrogen-bond donors (Lipinski definition) is 0. The Bertz CT molecular complexity index is 857. The van der Waals surface area contributed by atoms with Gasteiger partial charge in [0.2, 0.25) is 0 Å². The molecule has 2 heterocycles. The average Bonchev–Trinajstić information content (AvgIpc) is 3.13. The van der Waals surface area contributed by atoms with Crippen LogP contribution in [0.15, 0.2) is 36.7 Å². The van der Waals surface area contributed by atoms with Crippen molar-refractivity contribution in [2.45, 2.75) is 24.6 Å². The molecule has 1 atom stereocenters. The van der Waals surface area contributed by atoms with Gasteiger partial charge < -0.3 is 4.90 Å². The van der Waals surface area contributed by atoms with E-state index in [9.17, 15) is 13.2 Å². The Morgan fingerprint density at radius 2 is 2.17 bits per heavy atom. The summed E-state index contributed by atoms with van der Waals surface area (Å²) in [4.78, 5) is 14.8. The Balaban J connectivity index is 1.84. The van der Waals surface area contributed by atoms with E-state index in [4.69, 9.17) is 0 Å². The maximum Gasteiger partial charge on any atom is 0.254 e. The average molecular weight is 347 g/mol. The van der Waals surface area contributed by atoms with Crippen LogP contribution < -0.4 is 0 Å². The summed E-state index contributed by atoms with van der Waals surface area (Å²) in [7, 11) is -1.27. The highest BCUT2D eigenvalue weighted by Gasteiger charge is 2.31. The van der Waals surface area contributed by atoms with E-state index in [1.807, 2.05) is 18.1 Å². The standard InChI is InChI=1S/C17H21N3O3S/c1-19-11-15(10-18-19)16-7-4-8-20(16)17(21)14-6-3-5-13(9-14)12-24(2,22)23/h3,5-6,9-11,16H,4,7-8,12H2,1-2H3/t16-/m0/s1. The fraction of sp³-hybridized carbons (Fsp3) is 0.412. The van der Waals surface area contributed by atoms with E-state index in [0.29, 0.717) is 17.7 Å². The molecule has 2 aromatic rings. The number of aryl methyl sites for hydroxylation is 1. The molecule has 0 radical (unpaired) electrons. The second-order valence-corrected chi connectivity index (χ2v) is 8.51. The molecule has 1 aromatic carbocycles. The van der Waals surface area contributed by atoms with Gasteiger partial charge in [0.05, 0.1) is 18.0 Å². The molecule has 1 fully saturated rings. The van der Waals surface area contributed by atoms with Gasteiger partial charge in [-0.2, -0.15) is 5.10 Å². The zero-order chi connectivity index (χ0) is 17.3. The second-order valence-electron chi connectivity index (χ2n) is 6.37. The quantitative estimate of drug-likeness (QED) is 0.847. The van der Waals surface area contributed by atoms with E-state index in [1.54, 1.807) is 35.1 Å². The van der Waals surface area contributed by atoms with E-state index in [2.05, 4.69) is 5.10 Å². The zero-order valence-corrected chi connectivity index (χ0v) is 14.7. The molecule has 1 amide bonds. The predicted octanol–water partition coefficient (Wildman–Crippen LogP) is 1.94. The summed E-state index contributed by atoms with van der Waals surface area (Å²) < 4.78 is 24.7. The zero-order valence-electron chi connectivity index (χ0n) is 13.8. The summed E-state index contributed by atoms with van der Waals surface area (Å²) in [6.45, 7) is 0.703. The van der Waals surface area contributed by atoms with Gasteiger partial charge in [-0.05, 0) is 30.5 Å². The second kappa shape index (κ2) is 6.39. The van der Waals surface area contributed by atoms with Crippen molar-refractivity contribution in [3.63, 3.8) is 0 Å². The molecule has 0 bridgehead atoms. The molecule has 0 aliphatic carbocycles. The van der Waals surface area contributed by atoms with E-state index < -0.39 is 9.84 Å². The predicted molar refractivity (Wildman–Crippen MR) is 91.2 cm³/mol. The molecule has 1 aliphatic rings. The SMILES string of the molecule is Cn1cc([C@@H]2CCCN2C(=O)c2cccc(CS(C)(=O)=O)c2)cn1. The maximum atomic E-state index is 12.9. The minimum Gasteiger partial charge on any atom is -0.331 e. The summed E-state index contributed by atoms with van der Waals surface area (Å²) in [5, 5.41) is 4.19. The molecule has 1 saturated heterocycles. The van der Waals surface area contributed by atoms with E-state index >= 15 is 0 Å². The number of carbonyl (C=O) groups excluding carboxylic acids is 1. The number of nitrogens with zero attached hydrogens (tertiary/aromatic N) is 3. The molecule has 128 valence electrons. The van der Waals surface area contributed by atoms with E-state index in [0.717, 1.165) is 18.4 Å². The van der Waals surface area contributed by atoms with Crippen LogP contribution in [0.4, 0.5) is 0 Å². The molecular weight excluding hydrogens is 326 g/mol. The summed E-state index contributed by atoms with van der Waals surface area (Å²) in [5.41, 5.74) is 2.21. The summed E-state index contributed by atoms with van der Waals surface area (Å²) in [5.74, 6) is -0.114. The van der Waals surface area contributed by atoms with Gasteiger partial charge in [-0.15, -0.1) is 0 Å². The van der Waals surface area contributed by atoms with Gasteiger partial charge in [0, 0.05) is 37.2 Å². The van der Waals surface area contributed by atoms with Crippen molar-refractivity contribution in [1.29, 1.82) is 0 Å². The number of benzene rings is 1. The summed E-state index contributed by atoms with van der Waals surface area (Å²) in [6.07, 6.45) is 6.81. The number of hydrogen-bond acceptors (Lipinski definition) is 4. The molecule has 6 nitrogen and oxygen atoms in total. The van der Waals surface area contributed by atoms with Crippen molar-refractivity contribution < 1.29 is 13.2 Å². The van der Waals surface area contributed by atoms with Crippen LogP contribution in [0.2, 0.25) is 0 Å². The van der Waals surface area contributed by atoms with Crippen LogP contribution in [0.1, 0.15) is 40.4 Å². The first-order chi connectivity index (χ1) is 11.3. The van der Waals surface area contributed by atoms with Crippen molar-refractivity contribution in [3.05, 3.63) is 53.3 Å². The first-order valence-electron chi connectivity index (χ1n) is 7.90. The van der Waals surface area contributed by atoms with Gasteiger partial charge in [-0.1, -0.05) is 12.1 Å². The van der Waals surface area contributed by atoms with E-state index in [-0.39, 0.29) is 17.7 Å². The number of amides is 1. The number of aromatic nitrogens is 2. The monoisotopic (exact) mass is 347 g/mol. The highest BCUT2D eigenvalue weighted by Crippen LogP contribution is 2.32. The first kappa shape index (κ1) is 16.7. The summed E-state index contributed by atoms with van der Waals surface area (Å²) in [6, 6.07) is 6.93. The molecule has 1 aliphatic heterocycles. The molecule has 0 unspecified atom stereocenters. The smallest absolute Gasteiger partial charge is 0.254 e. The molecule has 3 rings (SSSR count). The largest absolute Gasteiger partial charge is 0.331 e. The van der Waals surface area contributed by atoms with Crippen LogP contribution in [0.3, 0.4) is 0 Å².